The molecule has 208 valence electrons. The van der Waals surface area contributed by atoms with Crippen LogP contribution >= 0.6 is 11.6 Å². The van der Waals surface area contributed by atoms with Crippen LogP contribution in [0.2, 0.25) is 5.02 Å². The zero-order valence-corrected chi connectivity index (χ0v) is 22.4. The van der Waals surface area contributed by atoms with Crippen LogP contribution in [-0.4, -0.2) is 52.0 Å². The Morgan fingerprint density at radius 3 is 2.27 bits per heavy atom. The van der Waals surface area contributed by atoms with Gasteiger partial charge in [-0.05, 0) is 37.3 Å². The maximum absolute atomic E-state index is 13.6. The molecule has 3 atom stereocenters. The standard InChI is InChI=1S/C30H23ClN2O8/c1-17-12-23-22(39-23)9-3-2-8-20(34)13-21-26(30(37)38-17)24(40-28(35)18-6-4-10-32-15-18)14-25(27(21)31)41-29(36)19-7-5-11-33-16-19/h2-11,14-17,22-23H,12-13H2,1H3/t17-,22+,23+/m1/s1. The molecule has 0 radical (unpaired) electrons. The Hall–Kier alpha value is -4.67. The van der Waals surface area contributed by atoms with Crippen LogP contribution in [-0.2, 0) is 20.7 Å². The summed E-state index contributed by atoms with van der Waals surface area (Å²) in [5, 5.41) is -0.196. The Morgan fingerprint density at radius 1 is 0.976 bits per heavy atom. The van der Waals surface area contributed by atoms with Gasteiger partial charge in [-0.1, -0.05) is 29.8 Å². The van der Waals surface area contributed by atoms with Gasteiger partial charge in [0.1, 0.15) is 23.5 Å². The van der Waals surface area contributed by atoms with Gasteiger partial charge in [0.05, 0.1) is 22.3 Å². The van der Waals surface area contributed by atoms with Crippen molar-refractivity contribution in [1.29, 1.82) is 0 Å². The number of epoxide rings is 1. The summed E-state index contributed by atoms with van der Waals surface area (Å²) in [5.74, 6) is -3.51. The highest BCUT2D eigenvalue weighted by Gasteiger charge is 2.38. The summed E-state index contributed by atoms with van der Waals surface area (Å²) in [6.07, 6.45) is 11.1. The minimum atomic E-state index is -0.880. The lowest BCUT2D eigenvalue weighted by molar-refractivity contribution is -0.114. The second-order valence-electron chi connectivity index (χ2n) is 9.28. The first-order valence-corrected chi connectivity index (χ1v) is 13.0. The van der Waals surface area contributed by atoms with Crippen molar-refractivity contribution in [3.8, 4) is 11.5 Å². The number of carbonyl (C=O) groups excluding carboxylic acids is 4. The van der Waals surface area contributed by atoms with Crippen molar-refractivity contribution in [3.05, 3.63) is 107 Å². The predicted molar refractivity (Wildman–Crippen MR) is 145 cm³/mol. The smallest absolute Gasteiger partial charge is 0.345 e. The summed E-state index contributed by atoms with van der Waals surface area (Å²) < 4.78 is 22.4. The van der Waals surface area contributed by atoms with Gasteiger partial charge in [0.15, 0.2) is 11.5 Å². The summed E-state index contributed by atoms with van der Waals surface area (Å²) in [7, 11) is 0. The van der Waals surface area contributed by atoms with E-state index in [0.29, 0.717) is 6.42 Å². The molecule has 0 bridgehead atoms. The maximum atomic E-state index is 13.6. The van der Waals surface area contributed by atoms with Crippen LogP contribution in [0.15, 0.2) is 79.4 Å². The molecular weight excluding hydrogens is 552 g/mol. The molecule has 2 aromatic heterocycles. The summed E-state index contributed by atoms with van der Waals surface area (Å²) in [4.78, 5) is 60.2. The molecule has 5 rings (SSSR count). The minimum absolute atomic E-state index is 0.0365. The van der Waals surface area contributed by atoms with Gasteiger partial charge >= 0.3 is 17.9 Å². The van der Waals surface area contributed by atoms with E-state index in [9.17, 15) is 19.2 Å². The number of allylic oxidation sites excluding steroid dienone is 3. The van der Waals surface area contributed by atoms with Gasteiger partial charge in [0.25, 0.3) is 0 Å². The molecule has 0 amide bonds. The summed E-state index contributed by atoms with van der Waals surface area (Å²) in [5.41, 5.74) is -0.0684. The SMILES string of the molecule is C[C@@H]1C[C@@H]2O[C@H]2C=CC=CC(=O)Cc2c(Cl)c(OC(=O)c3cccnc3)cc(OC(=O)c3cccnc3)c2C(=O)O1. The number of cyclic esters (lactones) is 1. The highest BCUT2D eigenvalue weighted by atomic mass is 35.5. The van der Waals surface area contributed by atoms with Gasteiger partial charge in [-0.25, -0.2) is 14.4 Å². The number of nitrogens with zero attached hydrogens (tertiary/aromatic N) is 2. The van der Waals surface area contributed by atoms with Crippen molar-refractivity contribution < 1.29 is 38.1 Å². The van der Waals surface area contributed by atoms with Gasteiger partial charge in [-0.3, -0.25) is 14.8 Å². The number of ether oxygens (including phenoxy) is 4. The fourth-order valence-corrected chi connectivity index (χ4v) is 4.45. The first-order valence-electron chi connectivity index (χ1n) is 12.6. The monoisotopic (exact) mass is 574 g/mol. The molecule has 3 aromatic rings. The molecule has 0 saturated carbocycles. The van der Waals surface area contributed by atoms with Crippen LogP contribution < -0.4 is 9.47 Å². The van der Waals surface area contributed by atoms with Gasteiger partial charge in [0.2, 0.25) is 0 Å². The zero-order valence-electron chi connectivity index (χ0n) is 21.7. The number of esters is 3. The molecule has 2 aliphatic heterocycles. The van der Waals surface area contributed by atoms with E-state index >= 15 is 0 Å². The number of pyridine rings is 2. The van der Waals surface area contributed by atoms with Crippen molar-refractivity contribution in [2.45, 2.75) is 38.1 Å². The molecule has 0 aliphatic carbocycles. The van der Waals surface area contributed by atoms with Gasteiger partial charge < -0.3 is 18.9 Å². The largest absolute Gasteiger partial charge is 0.459 e. The first kappa shape index (κ1) is 27.9. The van der Waals surface area contributed by atoms with Crippen LogP contribution in [0.25, 0.3) is 0 Å². The van der Waals surface area contributed by atoms with E-state index in [1.165, 1.54) is 43.0 Å². The van der Waals surface area contributed by atoms with Crippen LogP contribution in [0.1, 0.15) is 50.0 Å². The van der Waals surface area contributed by atoms with Crippen molar-refractivity contribution in [2.75, 3.05) is 0 Å². The van der Waals surface area contributed by atoms with Gasteiger partial charge in [0, 0.05) is 49.3 Å². The first-order chi connectivity index (χ1) is 19.8. The second-order valence-corrected chi connectivity index (χ2v) is 9.66. The molecule has 1 saturated heterocycles. The molecule has 2 aliphatic rings. The van der Waals surface area contributed by atoms with Gasteiger partial charge in [-0.2, -0.15) is 0 Å². The lowest BCUT2D eigenvalue weighted by Crippen LogP contribution is -2.22. The fraction of sp³-hybridized carbons (Fsp3) is 0.200. The van der Waals surface area contributed by atoms with E-state index in [-0.39, 0.29) is 57.4 Å². The Bertz CT molecular complexity index is 1560. The Kier molecular flexibility index (Phi) is 8.32. The molecule has 10 nitrogen and oxygen atoms in total. The van der Waals surface area contributed by atoms with Crippen LogP contribution in [0, 0.1) is 0 Å². The number of benzene rings is 1. The van der Waals surface area contributed by atoms with E-state index in [4.69, 9.17) is 30.5 Å². The molecule has 0 spiro atoms. The molecule has 0 N–H and O–H groups in total. The summed E-state index contributed by atoms with van der Waals surface area (Å²) >= 11 is 6.67. The van der Waals surface area contributed by atoms with Crippen LogP contribution in [0.3, 0.4) is 0 Å². The van der Waals surface area contributed by atoms with Gasteiger partial charge in [-0.15, -0.1) is 0 Å². The third-order valence-electron chi connectivity index (χ3n) is 6.23. The molecule has 41 heavy (non-hydrogen) atoms. The van der Waals surface area contributed by atoms with E-state index in [1.54, 1.807) is 31.2 Å². The Balaban J connectivity index is 1.60. The van der Waals surface area contributed by atoms with Crippen LogP contribution in [0.5, 0.6) is 11.5 Å². The second kappa shape index (κ2) is 12.2. The Morgan fingerprint density at radius 2 is 1.63 bits per heavy atom. The van der Waals surface area contributed by atoms with E-state index in [2.05, 4.69) is 9.97 Å². The van der Waals surface area contributed by atoms with E-state index in [0.717, 1.165) is 6.07 Å². The number of hydrogen-bond acceptors (Lipinski definition) is 10. The third kappa shape index (κ3) is 6.74. The molecule has 1 aromatic carbocycles. The van der Waals surface area contributed by atoms with Crippen molar-refractivity contribution in [3.63, 3.8) is 0 Å². The van der Waals surface area contributed by atoms with E-state index < -0.39 is 29.8 Å². The molecule has 1 fully saturated rings. The highest BCUT2D eigenvalue weighted by molar-refractivity contribution is 6.34. The predicted octanol–water partition coefficient (Wildman–Crippen LogP) is 4.51. The van der Waals surface area contributed by atoms with E-state index in [1.807, 2.05) is 6.08 Å². The average Bonchev–Trinajstić information content (AvgIpc) is 3.70. The zero-order chi connectivity index (χ0) is 28.9. The minimum Gasteiger partial charge on any atom is -0.459 e. The number of halogens is 1. The average molecular weight is 575 g/mol. The lowest BCUT2D eigenvalue weighted by Gasteiger charge is -2.19. The molecule has 11 heteroatoms. The van der Waals surface area contributed by atoms with Crippen LogP contribution in [0.4, 0.5) is 0 Å². The van der Waals surface area contributed by atoms with Crippen molar-refractivity contribution in [2.24, 2.45) is 0 Å². The fourth-order valence-electron chi connectivity index (χ4n) is 4.19. The number of fused-ring (bicyclic) bond motifs is 2. The summed E-state index contributed by atoms with van der Waals surface area (Å²) in [6, 6.07) is 7.19. The number of hydrogen-bond donors (Lipinski definition) is 0. The third-order valence-corrected chi connectivity index (χ3v) is 6.65. The Labute approximate surface area is 239 Å². The highest BCUT2D eigenvalue weighted by Crippen LogP contribution is 2.40. The topological polar surface area (TPSA) is 134 Å². The number of carbonyl (C=O) groups is 4. The van der Waals surface area contributed by atoms with Crippen molar-refractivity contribution in [1.82, 2.24) is 9.97 Å². The lowest BCUT2D eigenvalue weighted by atomic mass is 9.99. The van der Waals surface area contributed by atoms with Crippen molar-refractivity contribution >= 4 is 35.3 Å². The summed E-state index contributed by atoms with van der Waals surface area (Å²) in [6.45, 7) is 1.70. The number of ketones is 1. The molecular formula is C30H23ClN2O8. The number of rotatable bonds is 4. The molecule has 0 unspecified atom stereocenters. The molecule has 4 heterocycles. The normalized spacial score (nSPS) is 20.2. The quantitative estimate of drug-likeness (QED) is 0.249. The maximum Gasteiger partial charge on any atom is 0.345 e. The number of aromatic nitrogens is 2.